The van der Waals surface area contributed by atoms with E-state index < -0.39 is 0 Å². The molecule has 0 aliphatic carbocycles. The van der Waals surface area contributed by atoms with E-state index in [0.29, 0.717) is 5.41 Å². The van der Waals surface area contributed by atoms with E-state index in [1.165, 1.54) is 0 Å². The second-order valence-electron chi connectivity index (χ2n) is 10.7. The molecule has 0 aliphatic rings. The minimum absolute atomic E-state index is 0. The molecule has 1 radical (unpaired) electrons. The van der Waals surface area contributed by atoms with Gasteiger partial charge in [-0.2, -0.15) is 16.2 Å². The average Bonchev–Trinajstić information content (AvgIpc) is 1.62. The van der Waals surface area contributed by atoms with Gasteiger partial charge in [0.2, 0.25) is 0 Å². The second kappa shape index (κ2) is 13.2. The minimum Gasteiger partial charge on any atom is -0.338 e. The van der Waals surface area contributed by atoms with Crippen LogP contribution in [0.25, 0.3) is 0 Å². The molecule has 0 fully saturated rings. The van der Waals surface area contributed by atoms with E-state index in [1.807, 2.05) is 0 Å². The van der Waals surface area contributed by atoms with Crippen molar-refractivity contribution in [2.24, 2.45) is 21.7 Å². The van der Waals surface area contributed by atoms with Crippen LogP contribution < -0.4 is 0 Å². The molecule has 0 heterocycles. The first kappa shape index (κ1) is 33.4. The van der Waals surface area contributed by atoms with Gasteiger partial charge < -0.3 is 20.8 Å². The van der Waals surface area contributed by atoms with Crippen molar-refractivity contribution in [3.63, 3.8) is 0 Å². The summed E-state index contributed by atoms with van der Waals surface area (Å²) in [4.78, 5) is 0. The van der Waals surface area contributed by atoms with Gasteiger partial charge in [-0.3, -0.25) is 0 Å². The number of rotatable bonds is 0. The maximum atomic E-state index is 3.77. The molecule has 0 spiro atoms. The average molecular weight is 378 g/mol. The van der Waals surface area contributed by atoms with E-state index >= 15 is 0 Å². The summed E-state index contributed by atoms with van der Waals surface area (Å²) in [6, 6.07) is 0. The van der Waals surface area contributed by atoms with Crippen LogP contribution in [0, 0.1) is 42.4 Å². The third kappa shape index (κ3) is 13300. The van der Waals surface area contributed by atoms with Crippen LogP contribution in [0.2, 0.25) is 0 Å². The van der Waals surface area contributed by atoms with Crippen LogP contribution in [0.1, 0.15) is 90.0 Å². The summed E-state index contributed by atoms with van der Waals surface area (Å²) in [7, 11) is 0. The van der Waals surface area contributed by atoms with E-state index in [2.05, 4.69) is 111 Å². The smallest absolute Gasteiger partial charge is 0 e. The summed E-state index contributed by atoms with van der Waals surface area (Å²) in [5.41, 5.74) is 1.25. The summed E-state index contributed by atoms with van der Waals surface area (Å²) in [5, 5.41) is 0. The molecule has 0 unspecified atom stereocenters. The third-order valence-corrected chi connectivity index (χ3v) is 0. The van der Waals surface area contributed by atoms with Crippen molar-refractivity contribution >= 4 is 0 Å². The Kier molecular flexibility index (Phi) is 21.0. The Balaban J connectivity index is -0.0000000533. The van der Waals surface area contributed by atoms with Crippen molar-refractivity contribution in [3.8, 4) is 0 Å². The Morgan fingerprint density at radius 1 is 0.381 bits per heavy atom. The fourth-order valence-corrected chi connectivity index (χ4v) is 0. The van der Waals surface area contributed by atoms with Crippen molar-refractivity contribution < 1.29 is 22.4 Å². The summed E-state index contributed by atoms with van der Waals surface area (Å²) < 4.78 is 0. The van der Waals surface area contributed by atoms with Crippen LogP contribution in [-0.4, -0.2) is 0 Å². The van der Waals surface area contributed by atoms with Gasteiger partial charge in [-0.05, 0) is 5.41 Å². The Hall–Kier alpha value is 0.740. The summed E-state index contributed by atoms with van der Waals surface area (Å²) >= 11 is 0. The molecule has 133 valence electrons. The van der Waals surface area contributed by atoms with Gasteiger partial charge in [-0.1, -0.05) is 90.0 Å². The molecule has 0 aromatic heterocycles. The van der Waals surface area contributed by atoms with Gasteiger partial charge >= 0.3 is 0 Å². The Bertz CT molecular complexity index is 116. The molecular formula is C20H45Nb-3. The molecule has 0 aromatic rings. The SMILES string of the molecule is CC(C)(C)C.[CH2-]C(C)(C)C.[CH2-]C(C)(C)C.[CH2-]C(C)(C)C.[Nb]. The van der Waals surface area contributed by atoms with Crippen molar-refractivity contribution in [2.45, 2.75) is 90.0 Å². The van der Waals surface area contributed by atoms with Crippen molar-refractivity contribution in [1.82, 2.24) is 0 Å². The van der Waals surface area contributed by atoms with Crippen LogP contribution in [0.5, 0.6) is 0 Å². The van der Waals surface area contributed by atoms with E-state index in [9.17, 15) is 0 Å². The van der Waals surface area contributed by atoms with Crippen LogP contribution in [0.15, 0.2) is 0 Å². The summed E-state index contributed by atoms with van der Waals surface area (Å²) in [6.07, 6.45) is 0. The first-order valence-electron chi connectivity index (χ1n) is 7.56. The van der Waals surface area contributed by atoms with Crippen molar-refractivity contribution in [2.75, 3.05) is 0 Å². The van der Waals surface area contributed by atoms with E-state index in [4.69, 9.17) is 0 Å². The van der Waals surface area contributed by atoms with Crippen molar-refractivity contribution in [3.05, 3.63) is 20.8 Å². The van der Waals surface area contributed by atoms with Crippen LogP contribution in [-0.2, 0) is 22.4 Å². The zero-order valence-corrected chi connectivity index (χ0v) is 19.8. The zero-order valence-electron chi connectivity index (χ0n) is 17.6. The molecule has 0 N–H and O–H groups in total. The van der Waals surface area contributed by atoms with E-state index in [0.717, 1.165) is 0 Å². The van der Waals surface area contributed by atoms with Gasteiger partial charge in [0.25, 0.3) is 0 Å². The van der Waals surface area contributed by atoms with Gasteiger partial charge in [0.05, 0.1) is 0 Å². The van der Waals surface area contributed by atoms with Crippen LogP contribution in [0.4, 0.5) is 0 Å². The Morgan fingerprint density at radius 2 is 0.381 bits per heavy atom. The Morgan fingerprint density at radius 3 is 0.381 bits per heavy atom. The zero-order chi connectivity index (χ0) is 18.0. The fraction of sp³-hybridized carbons (Fsp3) is 0.850. The fourth-order valence-electron chi connectivity index (χ4n) is 0. The van der Waals surface area contributed by atoms with Gasteiger partial charge in [-0.15, -0.1) is 0 Å². The van der Waals surface area contributed by atoms with Gasteiger partial charge in [0.15, 0.2) is 0 Å². The van der Waals surface area contributed by atoms with Crippen LogP contribution in [0.3, 0.4) is 0 Å². The van der Waals surface area contributed by atoms with E-state index in [-0.39, 0.29) is 38.6 Å². The van der Waals surface area contributed by atoms with Gasteiger partial charge in [0.1, 0.15) is 0 Å². The molecule has 0 bridgehead atoms. The summed E-state index contributed by atoms with van der Waals surface area (Å²) in [6.45, 7) is 38.7. The molecule has 0 atom stereocenters. The standard InChI is InChI=1S/C5H12.3C5H11.Nb/c4*1-5(2,3)4;/h1-4H3;3*1H2,2-4H3;/q;3*-1;. The molecule has 0 saturated carbocycles. The normalized spacial score (nSPS) is 11.4. The predicted molar refractivity (Wildman–Crippen MR) is 99.6 cm³/mol. The summed E-state index contributed by atoms with van der Waals surface area (Å²) in [5.74, 6) is 0. The number of hydrogen-bond acceptors (Lipinski definition) is 0. The number of hydrogen-bond donors (Lipinski definition) is 0. The van der Waals surface area contributed by atoms with E-state index in [1.54, 1.807) is 0 Å². The molecule has 0 aromatic carbocycles. The first-order valence-corrected chi connectivity index (χ1v) is 7.56. The molecule has 0 aliphatic heterocycles. The molecule has 0 nitrogen and oxygen atoms in total. The predicted octanol–water partition coefficient (Wildman–Crippen LogP) is 7.65. The van der Waals surface area contributed by atoms with Crippen molar-refractivity contribution in [1.29, 1.82) is 0 Å². The second-order valence-corrected chi connectivity index (χ2v) is 10.7. The molecule has 1 heteroatoms. The van der Waals surface area contributed by atoms with Gasteiger partial charge in [0, 0.05) is 22.4 Å². The molecule has 0 amide bonds. The van der Waals surface area contributed by atoms with Crippen LogP contribution >= 0.6 is 0 Å². The maximum absolute atomic E-state index is 3.77. The Labute approximate surface area is 154 Å². The first-order chi connectivity index (χ1) is 8.00. The third-order valence-electron chi connectivity index (χ3n) is 0. The topological polar surface area (TPSA) is 0 Å². The van der Waals surface area contributed by atoms with Gasteiger partial charge in [-0.25, -0.2) is 0 Å². The largest absolute Gasteiger partial charge is 0.338 e. The quantitative estimate of drug-likeness (QED) is 0.300. The molecule has 21 heavy (non-hydrogen) atoms. The minimum atomic E-state index is 0. The molecule has 0 saturated heterocycles. The molecule has 0 rings (SSSR count). The molecular weight excluding hydrogens is 333 g/mol. The maximum Gasteiger partial charge on any atom is 0 e. The monoisotopic (exact) mass is 378 g/mol.